The van der Waals surface area contributed by atoms with Crippen molar-refractivity contribution in [2.24, 2.45) is 5.92 Å². The molecule has 3 heterocycles. The van der Waals surface area contributed by atoms with E-state index in [1.54, 1.807) is 35.0 Å². The second-order valence-electron chi connectivity index (χ2n) is 10.0. The normalized spacial score (nSPS) is 20.6. The van der Waals surface area contributed by atoms with Crippen molar-refractivity contribution in [3.8, 4) is 0 Å². The number of halogens is 5. The van der Waals surface area contributed by atoms with Gasteiger partial charge in [-0.3, -0.25) is 19.4 Å². The van der Waals surface area contributed by atoms with Crippen LogP contribution in [0.3, 0.4) is 0 Å². The van der Waals surface area contributed by atoms with Crippen LogP contribution >= 0.6 is 23.2 Å². The van der Waals surface area contributed by atoms with Crippen LogP contribution in [0.1, 0.15) is 53.7 Å². The Labute approximate surface area is 234 Å². The van der Waals surface area contributed by atoms with E-state index < -0.39 is 17.6 Å². The number of likely N-dealkylation sites (N-methyl/N-ethyl adjacent to an activating group) is 1. The molecule has 39 heavy (non-hydrogen) atoms. The number of carbonyl (C=O) groups is 3. The molecule has 0 radical (unpaired) electrons. The topological polar surface area (TPSA) is 73.8 Å². The first kappa shape index (κ1) is 29.1. The standard InChI is InChI=1S/C27H29Cl2F3N4O3/c1-16(37)35-10-7-17(8-11-35)25(38)36-12-9-24(20(15-36)18-3-5-21(28)22(29)13-18)34(2)26(39)23-6-4-19(14-33-23)27(30,31)32/h3-6,13-14,17,20,24H,7-12,15H2,1-2H3/t20-,24+/m0/s1. The van der Waals surface area contributed by atoms with Crippen LogP contribution in [0.5, 0.6) is 0 Å². The second kappa shape index (κ2) is 11.7. The summed E-state index contributed by atoms with van der Waals surface area (Å²) in [6.07, 6.45) is -2.27. The minimum Gasteiger partial charge on any atom is -0.343 e. The number of likely N-dealkylation sites (tertiary alicyclic amines) is 2. The molecule has 2 saturated heterocycles. The molecule has 2 aromatic rings. The summed E-state index contributed by atoms with van der Waals surface area (Å²) in [7, 11) is 1.59. The van der Waals surface area contributed by atoms with E-state index in [1.165, 1.54) is 11.8 Å². The molecule has 2 aliphatic heterocycles. The average molecular weight is 585 g/mol. The maximum absolute atomic E-state index is 13.5. The molecular weight excluding hydrogens is 556 g/mol. The fraction of sp³-hybridized carbons (Fsp3) is 0.481. The number of nitrogens with zero attached hydrogens (tertiary/aromatic N) is 4. The van der Waals surface area contributed by atoms with Gasteiger partial charge in [0.25, 0.3) is 5.91 Å². The zero-order chi connectivity index (χ0) is 28.5. The quantitative estimate of drug-likeness (QED) is 0.500. The summed E-state index contributed by atoms with van der Waals surface area (Å²) in [5.41, 5.74) is -0.246. The third kappa shape index (κ3) is 6.49. The van der Waals surface area contributed by atoms with E-state index >= 15 is 0 Å². The van der Waals surface area contributed by atoms with Gasteiger partial charge < -0.3 is 14.7 Å². The van der Waals surface area contributed by atoms with Gasteiger partial charge in [-0.2, -0.15) is 13.2 Å². The first-order valence-electron chi connectivity index (χ1n) is 12.7. The summed E-state index contributed by atoms with van der Waals surface area (Å²) in [4.78, 5) is 47.2. The number of alkyl halides is 3. The van der Waals surface area contributed by atoms with Gasteiger partial charge in [-0.1, -0.05) is 29.3 Å². The third-order valence-corrected chi connectivity index (χ3v) is 8.42. The van der Waals surface area contributed by atoms with Crippen molar-refractivity contribution in [3.63, 3.8) is 0 Å². The van der Waals surface area contributed by atoms with Gasteiger partial charge in [0.05, 0.1) is 15.6 Å². The van der Waals surface area contributed by atoms with Crippen LogP contribution in [0.25, 0.3) is 0 Å². The molecule has 0 N–H and O–H groups in total. The molecule has 2 fully saturated rings. The van der Waals surface area contributed by atoms with Gasteiger partial charge >= 0.3 is 6.18 Å². The Balaban J connectivity index is 1.55. The number of piperidine rings is 2. The molecule has 0 saturated carbocycles. The van der Waals surface area contributed by atoms with Crippen LogP contribution in [-0.4, -0.2) is 76.7 Å². The lowest BCUT2D eigenvalue weighted by Gasteiger charge is -2.44. The Kier molecular flexibility index (Phi) is 8.75. The van der Waals surface area contributed by atoms with Crippen molar-refractivity contribution < 1.29 is 27.6 Å². The minimum absolute atomic E-state index is 0.00312. The molecule has 1 aromatic carbocycles. The monoisotopic (exact) mass is 584 g/mol. The number of carbonyl (C=O) groups excluding carboxylic acids is 3. The minimum atomic E-state index is -4.55. The lowest BCUT2D eigenvalue weighted by Crippen LogP contribution is -2.53. The molecule has 2 aliphatic rings. The fourth-order valence-corrected chi connectivity index (χ4v) is 5.70. The SMILES string of the molecule is CC(=O)N1CCC(C(=O)N2CC[C@@H](N(C)C(=O)c3ccc(C(F)(F)F)cn3)[C@H](c3ccc(Cl)c(Cl)c3)C2)CC1. The summed E-state index contributed by atoms with van der Waals surface area (Å²) in [5, 5.41) is 0.711. The smallest absolute Gasteiger partial charge is 0.343 e. The largest absolute Gasteiger partial charge is 0.417 e. The number of hydrogen-bond acceptors (Lipinski definition) is 4. The molecule has 7 nitrogen and oxygen atoms in total. The van der Waals surface area contributed by atoms with E-state index in [0.29, 0.717) is 61.7 Å². The number of hydrogen-bond donors (Lipinski definition) is 0. The molecular formula is C27H29Cl2F3N4O3. The number of benzene rings is 1. The van der Waals surface area contributed by atoms with E-state index in [9.17, 15) is 27.6 Å². The number of pyridine rings is 1. The van der Waals surface area contributed by atoms with Gasteiger partial charge in [-0.05, 0) is 49.1 Å². The molecule has 0 aliphatic carbocycles. The second-order valence-corrected chi connectivity index (χ2v) is 10.9. The summed E-state index contributed by atoms with van der Waals surface area (Å²) >= 11 is 12.4. The molecule has 3 amide bonds. The molecule has 1 aromatic heterocycles. The average Bonchev–Trinajstić information content (AvgIpc) is 2.92. The molecule has 0 unspecified atom stereocenters. The van der Waals surface area contributed by atoms with Crippen LogP contribution in [0, 0.1) is 5.92 Å². The molecule has 4 rings (SSSR count). The molecule has 2 atom stereocenters. The van der Waals surface area contributed by atoms with Crippen LogP contribution in [0.15, 0.2) is 36.5 Å². The van der Waals surface area contributed by atoms with Gasteiger partial charge in [0.1, 0.15) is 5.69 Å². The van der Waals surface area contributed by atoms with Gasteiger partial charge in [0.2, 0.25) is 11.8 Å². The Morgan fingerprint density at radius 1 is 0.974 bits per heavy atom. The van der Waals surface area contributed by atoms with E-state index in [4.69, 9.17) is 23.2 Å². The van der Waals surface area contributed by atoms with E-state index in [2.05, 4.69) is 4.98 Å². The third-order valence-electron chi connectivity index (χ3n) is 7.68. The fourth-order valence-electron chi connectivity index (χ4n) is 5.39. The number of amides is 3. The highest BCUT2D eigenvalue weighted by atomic mass is 35.5. The Bertz CT molecular complexity index is 1230. The zero-order valence-corrected chi connectivity index (χ0v) is 23.1. The molecule has 0 spiro atoms. The summed E-state index contributed by atoms with van der Waals surface area (Å²) in [6.45, 7) is 3.33. The summed E-state index contributed by atoms with van der Waals surface area (Å²) < 4.78 is 38.9. The van der Waals surface area contributed by atoms with Gasteiger partial charge in [0, 0.05) is 64.2 Å². The lowest BCUT2D eigenvalue weighted by atomic mass is 9.84. The van der Waals surface area contributed by atoms with E-state index in [0.717, 1.165) is 17.7 Å². The van der Waals surface area contributed by atoms with Crippen LogP contribution in [0.2, 0.25) is 10.0 Å². The van der Waals surface area contributed by atoms with Gasteiger partial charge in [-0.25, -0.2) is 0 Å². The first-order chi connectivity index (χ1) is 18.4. The lowest BCUT2D eigenvalue weighted by molar-refractivity contribution is -0.141. The van der Waals surface area contributed by atoms with Crippen molar-refractivity contribution in [2.75, 3.05) is 33.2 Å². The van der Waals surface area contributed by atoms with Crippen molar-refractivity contribution in [2.45, 2.75) is 44.3 Å². The highest BCUT2D eigenvalue weighted by Gasteiger charge is 2.39. The van der Waals surface area contributed by atoms with Crippen molar-refractivity contribution in [1.29, 1.82) is 0 Å². The Morgan fingerprint density at radius 3 is 2.21 bits per heavy atom. The Morgan fingerprint density at radius 2 is 1.64 bits per heavy atom. The summed E-state index contributed by atoms with van der Waals surface area (Å²) in [6, 6.07) is 6.72. The number of rotatable bonds is 4. The molecule has 210 valence electrons. The highest BCUT2D eigenvalue weighted by Crippen LogP contribution is 2.36. The number of aromatic nitrogens is 1. The maximum Gasteiger partial charge on any atom is 0.417 e. The maximum atomic E-state index is 13.5. The molecule has 0 bridgehead atoms. The van der Waals surface area contributed by atoms with Crippen LogP contribution in [-0.2, 0) is 15.8 Å². The van der Waals surface area contributed by atoms with Crippen molar-refractivity contribution in [1.82, 2.24) is 19.7 Å². The van der Waals surface area contributed by atoms with Gasteiger partial charge in [-0.15, -0.1) is 0 Å². The Hall–Kier alpha value is -2.85. The van der Waals surface area contributed by atoms with Crippen molar-refractivity contribution >= 4 is 40.9 Å². The predicted octanol–water partition coefficient (Wildman–Crippen LogP) is 5.12. The summed E-state index contributed by atoms with van der Waals surface area (Å²) in [5.74, 6) is -1.02. The highest BCUT2D eigenvalue weighted by molar-refractivity contribution is 6.42. The zero-order valence-electron chi connectivity index (χ0n) is 21.5. The van der Waals surface area contributed by atoms with E-state index in [-0.39, 0.29) is 35.4 Å². The van der Waals surface area contributed by atoms with Crippen molar-refractivity contribution in [3.05, 3.63) is 63.4 Å². The van der Waals surface area contributed by atoms with Crippen LogP contribution < -0.4 is 0 Å². The molecule has 12 heteroatoms. The van der Waals surface area contributed by atoms with Gasteiger partial charge in [0.15, 0.2) is 0 Å². The predicted molar refractivity (Wildman–Crippen MR) is 140 cm³/mol. The van der Waals surface area contributed by atoms with Crippen LogP contribution in [0.4, 0.5) is 13.2 Å². The first-order valence-corrected chi connectivity index (χ1v) is 13.4. The van der Waals surface area contributed by atoms with E-state index in [1.807, 2.05) is 0 Å².